The Hall–Kier alpha value is -2.42. The van der Waals surface area contributed by atoms with E-state index in [2.05, 4.69) is 20.6 Å². The number of halogens is 1. The van der Waals surface area contributed by atoms with Crippen LogP contribution in [0.3, 0.4) is 0 Å². The molecule has 0 saturated carbocycles. The summed E-state index contributed by atoms with van der Waals surface area (Å²) in [6.07, 6.45) is 0. The van der Waals surface area contributed by atoms with Crippen molar-refractivity contribution in [3.8, 4) is 10.6 Å². The number of anilines is 1. The highest BCUT2D eigenvalue weighted by molar-refractivity contribution is 7.99. The maximum absolute atomic E-state index is 12.3. The fourth-order valence-electron chi connectivity index (χ4n) is 2.47. The van der Waals surface area contributed by atoms with Crippen molar-refractivity contribution in [2.24, 2.45) is 0 Å². The van der Waals surface area contributed by atoms with Crippen LogP contribution in [0.15, 0.2) is 53.0 Å². The summed E-state index contributed by atoms with van der Waals surface area (Å²) in [7, 11) is 0. The summed E-state index contributed by atoms with van der Waals surface area (Å²) in [5.74, 6) is 0.0500. The molecule has 0 fully saturated rings. The third kappa shape index (κ3) is 3.83. The van der Waals surface area contributed by atoms with E-state index >= 15 is 0 Å². The molecule has 4 aromatic rings. The predicted octanol–water partition coefficient (Wildman–Crippen LogP) is 4.55. The van der Waals surface area contributed by atoms with Crippen LogP contribution in [-0.4, -0.2) is 31.5 Å². The first kappa shape index (κ1) is 18.0. The zero-order chi connectivity index (χ0) is 18.8. The zero-order valence-electron chi connectivity index (χ0n) is 14.2. The van der Waals surface area contributed by atoms with Gasteiger partial charge in [0.2, 0.25) is 11.1 Å². The van der Waals surface area contributed by atoms with Gasteiger partial charge in [0.15, 0.2) is 5.65 Å². The molecule has 1 N–H and O–H groups in total. The molecule has 3 aromatic heterocycles. The van der Waals surface area contributed by atoms with E-state index in [9.17, 15) is 4.79 Å². The molecule has 3 heterocycles. The van der Waals surface area contributed by atoms with E-state index < -0.39 is 0 Å². The van der Waals surface area contributed by atoms with Crippen molar-refractivity contribution in [2.45, 2.75) is 12.1 Å². The Morgan fingerprint density at radius 3 is 2.93 bits per heavy atom. The van der Waals surface area contributed by atoms with Crippen LogP contribution in [0.2, 0.25) is 5.02 Å². The highest BCUT2D eigenvalue weighted by atomic mass is 35.5. The van der Waals surface area contributed by atoms with Gasteiger partial charge in [0.25, 0.3) is 0 Å². The number of carbonyl (C=O) groups is 1. The maximum Gasteiger partial charge on any atom is 0.234 e. The van der Waals surface area contributed by atoms with Crippen LogP contribution in [-0.2, 0) is 4.79 Å². The van der Waals surface area contributed by atoms with Gasteiger partial charge in [0.05, 0.1) is 10.6 Å². The minimum absolute atomic E-state index is 0.142. The van der Waals surface area contributed by atoms with Gasteiger partial charge in [-0.05, 0) is 48.2 Å². The van der Waals surface area contributed by atoms with Crippen LogP contribution < -0.4 is 5.32 Å². The van der Waals surface area contributed by atoms with E-state index in [0.29, 0.717) is 21.5 Å². The molecule has 4 rings (SSSR count). The van der Waals surface area contributed by atoms with Gasteiger partial charge < -0.3 is 5.32 Å². The van der Waals surface area contributed by atoms with E-state index in [-0.39, 0.29) is 11.7 Å². The summed E-state index contributed by atoms with van der Waals surface area (Å²) in [6.45, 7) is 1.87. The van der Waals surface area contributed by atoms with E-state index in [4.69, 9.17) is 11.6 Å². The van der Waals surface area contributed by atoms with Crippen molar-refractivity contribution in [3.63, 3.8) is 0 Å². The van der Waals surface area contributed by atoms with Gasteiger partial charge in [-0.2, -0.15) is 9.61 Å². The van der Waals surface area contributed by atoms with Crippen LogP contribution in [0.4, 0.5) is 5.69 Å². The predicted molar refractivity (Wildman–Crippen MR) is 110 cm³/mol. The lowest BCUT2D eigenvalue weighted by Gasteiger charge is -2.09. The molecule has 0 aliphatic carbocycles. The van der Waals surface area contributed by atoms with Crippen LogP contribution in [0.1, 0.15) is 5.56 Å². The Kier molecular flexibility index (Phi) is 5.11. The normalized spacial score (nSPS) is 11.0. The highest BCUT2D eigenvalue weighted by Crippen LogP contribution is 2.25. The van der Waals surface area contributed by atoms with Crippen molar-refractivity contribution in [2.75, 3.05) is 11.1 Å². The molecule has 1 aromatic carbocycles. The minimum atomic E-state index is -0.142. The number of benzene rings is 1. The van der Waals surface area contributed by atoms with E-state index in [1.807, 2.05) is 42.6 Å². The summed E-state index contributed by atoms with van der Waals surface area (Å²) < 4.78 is 1.66. The smallest absolute Gasteiger partial charge is 0.234 e. The van der Waals surface area contributed by atoms with Crippen molar-refractivity contribution in [1.29, 1.82) is 0 Å². The first-order chi connectivity index (χ1) is 13.1. The molecule has 0 radical (unpaired) electrons. The third-order valence-corrected chi connectivity index (χ3v) is 6.10. The zero-order valence-corrected chi connectivity index (χ0v) is 16.6. The number of thiophene rings is 1. The molecule has 27 heavy (non-hydrogen) atoms. The average Bonchev–Trinajstić information content (AvgIpc) is 3.33. The van der Waals surface area contributed by atoms with E-state index in [1.54, 1.807) is 28.0 Å². The lowest BCUT2D eigenvalue weighted by Crippen LogP contribution is -2.15. The van der Waals surface area contributed by atoms with E-state index in [0.717, 1.165) is 16.1 Å². The largest absolute Gasteiger partial charge is 0.325 e. The minimum Gasteiger partial charge on any atom is -0.325 e. The average molecular weight is 416 g/mol. The second-order valence-electron chi connectivity index (χ2n) is 5.70. The molecule has 0 aliphatic heterocycles. The van der Waals surface area contributed by atoms with Crippen LogP contribution in [0.25, 0.3) is 16.2 Å². The fraction of sp³-hybridized carbons (Fsp3) is 0.111. The number of amides is 1. The Labute approximate surface area is 168 Å². The molecular weight excluding hydrogens is 402 g/mol. The van der Waals surface area contributed by atoms with Gasteiger partial charge in [-0.3, -0.25) is 4.79 Å². The molecule has 6 nitrogen and oxygen atoms in total. The Morgan fingerprint density at radius 1 is 1.22 bits per heavy atom. The molecular formula is C18H14ClN5OS2. The molecule has 9 heteroatoms. The van der Waals surface area contributed by atoms with Gasteiger partial charge in [-0.15, -0.1) is 21.5 Å². The fourth-order valence-corrected chi connectivity index (χ4v) is 4.03. The van der Waals surface area contributed by atoms with E-state index in [1.165, 1.54) is 11.8 Å². The first-order valence-electron chi connectivity index (χ1n) is 8.06. The molecule has 0 unspecified atom stereocenters. The van der Waals surface area contributed by atoms with Crippen LogP contribution in [0, 0.1) is 6.92 Å². The second kappa shape index (κ2) is 7.67. The Morgan fingerprint density at radius 2 is 2.11 bits per heavy atom. The lowest BCUT2D eigenvalue weighted by atomic mass is 10.2. The molecule has 0 spiro atoms. The Balaban J connectivity index is 1.49. The molecule has 1 amide bonds. The summed E-state index contributed by atoms with van der Waals surface area (Å²) in [5, 5.41) is 18.9. The quantitative estimate of drug-likeness (QED) is 0.484. The summed E-state index contributed by atoms with van der Waals surface area (Å²) in [4.78, 5) is 13.4. The van der Waals surface area contributed by atoms with Gasteiger partial charge in [0, 0.05) is 10.7 Å². The summed E-state index contributed by atoms with van der Waals surface area (Å²) >= 11 is 8.99. The van der Waals surface area contributed by atoms with Gasteiger partial charge >= 0.3 is 0 Å². The number of fused-ring (bicyclic) bond motifs is 1. The second-order valence-corrected chi connectivity index (χ2v) is 8.00. The SMILES string of the molecule is Cc1c(Cl)cccc1NC(=O)CSc1nnc2ccc(-c3cccs3)nn12. The topological polar surface area (TPSA) is 72.2 Å². The number of rotatable bonds is 5. The number of hydrogen-bond acceptors (Lipinski definition) is 6. The number of thioether (sulfide) groups is 1. The maximum atomic E-state index is 12.3. The van der Waals surface area contributed by atoms with Crippen molar-refractivity contribution in [1.82, 2.24) is 19.8 Å². The van der Waals surface area contributed by atoms with Crippen molar-refractivity contribution >= 4 is 51.9 Å². The number of nitrogens with one attached hydrogen (secondary N) is 1. The number of hydrogen-bond donors (Lipinski definition) is 1. The third-order valence-electron chi connectivity index (χ3n) is 3.88. The summed E-state index contributed by atoms with van der Waals surface area (Å²) in [6, 6.07) is 13.2. The monoisotopic (exact) mass is 415 g/mol. The number of nitrogens with zero attached hydrogens (tertiary/aromatic N) is 4. The molecule has 0 bridgehead atoms. The van der Waals surface area contributed by atoms with Crippen LogP contribution >= 0.6 is 34.7 Å². The number of aromatic nitrogens is 4. The molecule has 0 atom stereocenters. The molecule has 0 aliphatic rings. The Bertz CT molecular complexity index is 1110. The molecule has 136 valence electrons. The highest BCUT2D eigenvalue weighted by Gasteiger charge is 2.13. The number of carbonyl (C=O) groups excluding carboxylic acids is 1. The van der Waals surface area contributed by atoms with Gasteiger partial charge in [-0.25, -0.2) is 0 Å². The lowest BCUT2D eigenvalue weighted by molar-refractivity contribution is -0.113. The van der Waals surface area contributed by atoms with Crippen molar-refractivity contribution < 1.29 is 4.79 Å². The van der Waals surface area contributed by atoms with Gasteiger partial charge in [0.1, 0.15) is 5.69 Å². The molecule has 0 saturated heterocycles. The standard InChI is InChI=1S/C18H14ClN5OS2/c1-11-12(19)4-2-5-13(11)20-17(25)10-27-18-22-21-16-8-7-14(23-24(16)18)15-6-3-9-26-15/h2-9H,10H2,1H3,(H,20,25). The first-order valence-corrected chi connectivity index (χ1v) is 10.3. The summed E-state index contributed by atoms with van der Waals surface area (Å²) in [5.41, 5.74) is 3.03. The van der Waals surface area contributed by atoms with Gasteiger partial charge in [-0.1, -0.05) is 35.5 Å². The van der Waals surface area contributed by atoms with Crippen molar-refractivity contribution in [3.05, 3.63) is 58.4 Å². The van der Waals surface area contributed by atoms with Crippen LogP contribution in [0.5, 0.6) is 0 Å².